The highest BCUT2D eigenvalue weighted by Gasteiger charge is 2.21. The average Bonchev–Trinajstić information content (AvgIpc) is 2.76. The van der Waals surface area contributed by atoms with E-state index in [0.29, 0.717) is 0 Å². The van der Waals surface area contributed by atoms with Gasteiger partial charge in [0, 0.05) is 58.9 Å². The Kier molecular flexibility index (Phi) is 6.42. The summed E-state index contributed by atoms with van der Waals surface area (Å²) in [4.78, 5) is 7.24. The van der Waals surface area contributed by atoms with E-state index in [-0.39, 0.29) is 6.10 Å². The number of benzene rings is 1. The molecule has 0 spiro atoms. The first-order chi connectivity index (χ1) is 11.3. The SMILES string of the molecule is O[C@H]1CN(CCN2CCOCC2)CCN(Cc2ccccc2)C1. The highest BCUT2D eigenvalue weighted by Crippen LogP contribution is 2.09. The van der Waals surface area contributed by atoms with E-state index in [4.69, 9.17) is 4.74 Å². The van der Waals surface area contributed by atoms with Crippen molar-refractivity contribution in [3.05, 3.63) is 35.9 Å². The monoisotopic (exact) mass is 319 g/mol. The third-order valence-electron chi connectivity index (χ3n) is 4.76. The summed E-state index contributed by atoms with van der Waals surface area (Å²) in [6.45, 7) is 10.4. The van der Waals surface area contributed by atoms with Crippen molar-refractivity contribution < 1.29 is 9.84 Å². The molecule has 2 aliphatic rings. The van der Waals surface area contributed by atoms with Crippen LogP contribution in [0.15, 0.2) is 30.3 Å². The number of aliphatic hydroxyl groups is 1. The summed E-state index contributed by atoms with van der Waals surface area (Å²) in [6, 6.07) is 10.5. The largest absolute Gasteiger partial charge is 0.390 e. The first-order valence-electron chi connectivity index (χ1n) is 8.76. The molecule has 1 aromatic rings. The molecular formula is C18H29N3O2. The second-order valence-electron chi connectivity index (χ2n) is 6.63. The molecule has 5 heteroatoms. The molecule has 0 aliphatic carbocycles. The first kappa shape index (κ1) is 16.9. The molecule has 0 saturated carbocycles. The predicted molar refractivity (Wildman–Crippen MR) is 91.4 cm³/mol. The summed E-state index contributed by atoms with van der Waals surface area (Å²) < 4.78 is 5.40. The highest BCUT2D eigenvalue weighted by atomic mass is 16.5. The number of β-amino-alcohol motifs (C(OH)–C–C–N with tert-alkyl or cyclic N) is 1. The maximum Gasteiger partial charge on any atom is 0.0793 e. The van der Waals surface area contributed by atoms with Crippen LogP contribution in [0.1, 0.15) is 5.56 Å². The van der Waals surface area contributed by atoms with E-state index >= 15 is 0 Å². The predicted octanol–water partition coefficient (Wildman–Crippen LogP) is 0.497. The molecule has 5 nitrogen and oxygen atoms in total. The van der Waals surface area contributed by atoms with Crippen LogP contribution in [-0.4, -0.2) is 91.5 Å². The zero-order chi connectivity index (χ0) is 15.9. The normalized spacial score (nSPS) is 25.3. The lowest BCUT2D eigenvalue weighted by molar-refractivity contribution is 0.0314. The van der Waals surface area contributed by atoms with E-state index in [2.05, 4.69) is 39.0 Å². The van der Waals surface area contributed by atoms with Crippen LogP contribution in [0.5, 0.6) is 0 Å². The molecule has 2 heterocycles. The van der Waals surface area contributed by atoms with Crippen LogP contribution < -0.4 is 0 Å². The van der Waals surface area contributed by atoms with Gasteiger partial charge in [0.1, 0.15) is 0 Å². The summed E-state index contributed by atoms with van der Waals surface area (Å²) in [5.41, 5.74) is 1.32. The second-order valence-corrected chi connectivity index (χ2v) is 6.63. The lowest BCUT2D eigenvalue weighted by Crippen LogP contribution is -2.43. The number of ether oxygens (including phenoxy) is 1. The Bertz CT molecular complexity index is 451. The number of aliphatic hydroxyl groups excluding tert-OH is 1. The number of morpholine rings is 1. The van der Waals surface area contributed by atoms with Gasteiger partial charge in [-0.25, -0.2) is 0 Å². The van der Waals surface area contributed by atoms with Gasteiger partial charge < -0.3 is 9.84 Å². The van der Waals surface area contributed by atoms with Crippen LogP contribution in [-0.2, 0) is 11.3 Å². The maximum absolute atomic E-state index is 10.3. The van der Waals surface area contributed by atoms with Crippen molar-refractivity contribution in [3.8, 4) is 0 Å². The van der Waals surface area contributed by atoms with Crippen LogP contribution in [0.2, 0.25) is 0 Å². The lowest BCUT2D eigenvalue weighted by Gasteiger charge is -2.29. The minimum atomic E-state index is -0.258. The second kappa shape index (κ2) is 8.76. The molecule has 23 heavy (non-hydrogen) atoms. The smallest absolute Gasteiger partial charge is 0.0793 e. The van der Waals surface area contributed by atoms with Crippen LogP contribution in [0.4, 0.5) is 0 Å². The van der Waals surface area contributed by atoms with E-state index in [0.717, 1.165) is 72.1 Å². The van der Waals surface area contributed by atoms with Gasteiger partial charge in [0.15, 0.2) is 0 Å². The van der Waals surface area contributed by atoms with E-state index < -0.39 is 0 Å². The van der Waals surface area contributed by atoms with Crippen molar-refractivity contribution in [2.45, 2.75) is 12.6 Å². The van der Waals surface area contributed by atoms with E-state index in [1.54, 1.807) is 0 Å². The Morgan fingerprint density at radius 2 is 1.52 bits per heavy atom. The lowest BCUT2D eigenvalue weighted by atomic mass is 10.2. The van der Waals surface area contributed by atoms with Crippen molar-refractivity contribution in [2.24, 2.45) is 0 Å². The van der Waals surface area contributed by atoms with Crippen LogP contribution in [0, 0.1) is 0 Å². The summed E-state index contributed by atoms with van der Waals surface area (Å²) in [6.07, 6.45) is -0.258. The fraction of sp³-hybridized carbons (Fsp3) is 0.667. The minimum Gasteiger partial charge on any atom is -0.390 e. The highest BCUT2D eigenvalue weighted by molar-refractivity contribution is 5.14. The quantitative estimate of drug-likeness (QED) is 0.856. The van der Waals surface area contributed by atoms with Gasteiger partial charge in [0.25, 0.3) is 0 Å². The molecule has 0 amide bonds. The fourth-order valence-electron chi connectivity index (χ4n) is 3.42. The van der Waals surface area contributed by atoms with Gasteiger partial charge >= 0.3 is 0 Å². The summed E-state index contributed by atoms with van der Waals surface area (Å²) in [7, 11) is 0. The van der Waals surface area contributed by atoms with Crippen molar-refractivity contribution in [3.63, 3.8) is 0 Å². The summed E-state index contributed by atoms with van der Waals surface area (Å²) in [5, 5.41) is 10.3. The van der Waals surface area contributed by atoms with Gasteiger partial charge in [-0.1, -0.05) is 30.3 Å². The van der Waals surface area contributed by atoms with Crippen LogP contribution >= 0.6 is 0 Å². The van der Waals surface area contributed by atoms with Crippen molar-refractivity contribution in [1.29, 1.82) is 0 Å². The van der Waals surface area contributed by atoms with Crippen LogP contribution in [0.3, 0.4) is 0 Å². The zero-order valence-corrected chi connectivity index (χ0v) is 13.9. The Morgan fingerprint density at radius 1 is 0.870 bits per heavy atom. The minimum absolute atomic E-state index is 0.258. The van der Waals surface area contributed by atoms with E-state index in [1.807, 2.05) is 6.07 Å². The standard InChI is InChI=1S/C18H29N3O2/c22-18-15-20(7-6-19-10-12-23-13-11-19)8-9-21(16-18)14-17-4-2-1-3-5-17/h1-5,18,22H,6-16H2/t18-/m0/s1. The van der Waals surface area contributed by atoms with Crippen molar-refractivity contribution in [2.75, 3.05) is 65.6 Å². The summed E-state index contributed by atoms with van der Waals surface area (Å²) in [5.74, 6) is 0. The Balaban J connectivity index is 1.45. The van der Waals surface area contributed by atoms with Gasteiger partial charge in [-0.15, -0.1) is 0 Å². The molecular weight excluding hydrogens is 290 g/mol. The molecule has 1 atom stereocenters. The van der Waals surface area contributed by atoms with Gasteiger partial charge in [-0.3, -0.25) is 14.7 Å². The molecule has 2 saturated heterocycles. The Hall–Kier alpha value is -0.980. The third-order valence-corrected chi connectivity index (χ3v) is 4.76. The van der Waals surface area contributed by atoms with Gasteiger partial charge in [0.2, 0.25) is 0 Å². The third kappa shape index (κ3) is 5.55. The molecule has 3 rings (SSSR count). The van der Waals surface area contributed by atoms with Gasteiger partial charge in [-0.05, 0) is 5.56 Å². The van der Waals surface area contributed by atoms with E-state index in [1.165, 1.54) is 5.56 Å². The molecule has 128 valence electrons. The first-order valence-corrected chi connectivity index (χ1v) is 8.76. The molecule has 0 unspecified atom stereocenters. The molecule has 2 fully saturated rings. The molecule has 1 aromatic carbocycles. The molecule has 2 aliphatic heterocycles. The topological polar surface area (TPSA) is 39.2 Å². The van der Waals surface area contributed by atoms with Crippen molar-refractivity contribution in [1.82, 2.24) is 14.7 Å². The number of rotatable bonds is 5. The fourth-order valence-corrected chi connectivity index (χ4v) is 3.42. The molecule has 0 radical (unpaired) electrons. The number of nitrogens with zero attached hydrogens (tertiary/aromatic N) is 3. The van der Waals surface area contributed by atoms with Crippen molar-refractivity contribution >= 4 is 0 Å². The maximum atomic E-state index is 10.3. The Labute approximate surface area is 139 Å². The Morgan fingerprint density at radius 3 is 2.30 bits per heavy atom. The van der Waals surface area contributed by atoms with Gasteiger partial charge in [-0.2, -0.15) is 0 Å². The molecule has 1 N–H and O–H groups in total. The molecule has 0 bridgehead atoms. The van der Waals surface area contributed by atoms with Crippen LogP contribution in [0.25, 0.3) is 0 Å². The number of hydrogen-bond acceptors (Lipinski definition) is 5. The number of hydrogen-bond donors (Lipinski definition) is 1. The average molecular weight is 319 g/mol. The van der Waals surface area contributed by atoms with Gasteiger partial charge in [0.05, 0.1) is 19.3 Å². The van der Waals surface area contributed by atoms with E-state index in [9.17, 15) is 5.11 Å². The summed E-state index contributed by atoms with van der Waals surface area (Å²) >= 11 is 0. The zero-order valence-electron chi connectivity index (χ0n) is 13.9. The molecule has 0 aromatic heterocycles.